The molecule has 92 valence electrons. The van der Waals surface area contributed by atoms with Gasteiger partial charge in [-0.15, -0.1) is 0 Å². The largest absolute Gasteiger partial charge is 0.393 e. The van der Waals surface area contributed by atoms with Crippen LogP contribution in [0.15, 0.2) is 0 Å². The van der Waals surface area contributed by atoms with Gasteiger partial charge in [0.05, 0.1) is 4.99 Å². The predicted octanol–water partition coefficient (Wildman–Crippen LogP) is 2.09. The van der Waals surface area contributed by atoms with E-state index in [-0.39, 0.29) is 5.91 Å². The molecule has 1 saturated heterocycles. The zero-order chi connectivity index (χ0) is 12.2. The molecule has 0 bridgehead atoms. The highest BCUT2D eigenvalue weighted by atomic mass is 32.1. The van der Waals surface area contributed by atoms with Crippen molar-refractivity contribution in [1.82, 2.24) is 4.90 Å². The third-order valence-corrected chi connectivity index (χ3v) is 3.48. The molecule has 3 nitrogen and oxygen atoms in total. The van der Waals surface area contributed by atoms with Crippen LogP contribution < -0.4 is 5.73 Å². The summed E-state index contributed by atoms with van der Waals surface area (Å²) in [4.78, 5) is 14.3. The summed E-state index contributed by atoms with van der Waals surface area (Å²) in [6.45, 7) is 6.15. The normalized spacial score (nSPS) is 20.6. The first-order valence-electron chi connectivity index (χ1n) is 5.97. The summed E-state index contributed by atoms with van der Waals surface area (Å²) in [7, 11) is 0. The summed E-state index contributed by atoms with van der Waals surface area (Å²) in [6, 6.07) is 0. The molecule has 1 heterocycles. The molecule has 0 radical (unpaired) electrons. The molecule has 0 spiro atoms. The highest BCUT2D eigenvalue weighted by molar-refractivity contribution is 7.80. The summed E-state index contributed by atoms with van der Waals surface area (Å²) in [6.07, 6.45) is 4.40. The van der Waals surface area contributed by atoms with Crippen molar-refractivity contribution >= 4 is 23.1 Å². The fourth-order valence-corrected chi connectivity index (χ4v) is 2.12. The molecule has 0 saturated carbocycles. The van der Waals surface area contributed by atoms with E-state index in [9.17, 15) is 4.79 Å². The number of carbonyl (C=O) groups is 1. The summed E-state index contributed by atoms with van der Waals surface area (Å²) in [5.74, 6) is 0.286. The van der Waals surface area contributed by atoms with Gasteiger partial charge in [0.25, 0.3) is 0 Å². The molecule has 16 heavy (non-hydrogen) atoms. The minimum atomic E-state index is 0.286. The Hall–Kier alpha value is -0.640. The van der Waals surface area contributed by atoms with Crippen molar-refractivity contribution in [2.24, 2.45) is 11.1 Å². The number of nitrogens with two attached hydrogens (primary N) is 1. The van der Waals surface area contributed by atoms with Gasteiger partial charge in [-0.2, -0.15) is 0 Å². The minimum Gasteiger partial charge on any atom is -0.393 e. The molecule has 0 unspecified atom stereocenters. The molecule has 0 atom stereocenters. The molecule has 1 amide bonds. The lowest BCUT2D eigenvalue weighted by molar-refractivity contribution is -0.130. The number of hydrogen-bond acceptors (Lipinski definition) is 2. The van der Waals surface area contributed by atoms with E-state index in [1.54, 1.807) is 0 Å². The molecule has 2 N–H and O–H groups in total. The standard InChI is InChI=1S/C12H22N2OS/c1-12(2)6-5-11(15)14(9-7-12)8-3-4-10(13)16/h3-9H2,1-2H3,(H2,13,16). The molecule has 1 rings (SSSR count). The number of nitrogens with zero attached hydrogens (tertiary/aromatic N) is 1. The Balaban J connectivity index is 2.41. The summed E-state index contributed by atoms with van der Waals surface area (Å²) >= 11 is 4.83. The van der Waals surface area contributed by atoms with Crippen LogP contribution in [0.25, 0.3) is 0 Å². The van der Waals surface area contributed by atoms with Crippen molar-refractivity contribution < 1.29 is 4.79 Å². The van der Waals surface area contributed by atoms with Gasteiger partial charge in [-0.3, -0.25) is 4.79 Å². The van der Waals surface area contributed by atoms with Crippen molar-refractivity contribution in [1.29, 1.82) is 0 Å². The van der Waals surface area contributed by atoms with Gasteiger partial charge in [-0.1, -0.05) is 26.1 Å². The van der Waals surface area contributed by atoms with E-state index < -0.39 is 0 Å². The quantitative estimate of drug-likeness (QED) is 0.768. The average Bonchev–Trinajstić information content (AvgIpc) is 2.30. The maximum absolute atomic E-state index is 11.8. The highest BCUT2D eigenvalue weighted by Crippen LogP contribution is 2.30. The van der Waals surface area contributed by atoms with E-state index in [1.807, 2.05) is 4.90 Å². The molecule has 0 aliphatic carbocycles. The van der Waals surface area contributed by atoms with E-state index in [4.69, 9.17) is 18.0 Å². The van der Waals surface area contributed by atoms with Gasteiger partial charge in [0.15, 0.2) is 0 Å². The van der Waals surface area contributed by atoms with E-state index >= 15 is 0 Å². The Morgan fingerprint density at radius 1 is 1.50 bits per heavy atom. The second-order valence-electron chi connectivity index (χ2n) is 5.36. The first-order valence-corrected chi connectivity index (χ1v) is 6.38. The predicted molar refractivity (Wildman–Crippen MR) is 70.2 cm³/mol. The molecule has 1 aliphatic heterocycles. The van der Waals surface area contributed by atoms with Crippen LogP contribution in [-0.4, -0.2) is 28.9 Å². The van der Waals surface area contributed by atoms with Crippen LogP contribution in [0, 0.1) is 5.41 Å². The Labute approximate surface area is 103 Å². The van der Waals surface area contributed by atoms with E-state index in [0.717, 1.165) is 38.8 Å². The third kappa shape index (κ3) is 4.47. The first kappa shape index (κ1) is 13.4. The first-order chi connectivity index (χ1) is 7.41. The molecule has 4 heteroatoms. The molecule has 0 aromatic heterocycles. The van der Waals surface area contributed by atoms with Gasteiger partial charge in [0, 0.05) is 19.5 Å². The van der Waals surface area contributed by atoms with Crippen LogP contribution in [0.1, 0.15) is 46.0 Å². The Morgan fingerprint density at radius 2 is 2.19 bits per heavy atom. The van der Waals surface area contributed by atoms with Crippen LogP contribution in [0.2, 0.25) is 0 Å². The van der Waals surface area contributed by atoms with Crippen molar-refractivity contribution in [3.05, 3.63) is 0 Å². The number of rotatable bonds is 4. The second kappa shape index (κ2) is 5.62. The maximum atomic E-state index is 11.8. The molecule has 0 aromatic rings. The van der Waals surface area contributed by atoms with Crippen LogP contribution in [-0.2, 0) is 4.79 Å². The Bertz CT molecular complexity index is 276. The summed E-state index contributed by atoms with van der Waals surface area (Å²) in [5.41, 5.74) is 5.74. The van der Waals surface area contributed by atoms with Gasteiger partial charge in [0.1, 0.15) is 0 Å². The third-order valence-electron chi connectivity index (χ3n) is 3.28. The molecular weight excluding hydrogens is 220 g/mol. The number of thiocarbonyl (C=S) groups is 1. The van der Waals surface area contributed by atoms with E-state index in [0.29, 0.717) is 16.8 Å². The zero-order valence-corrected chi connectivity index (χ0v) is 11.1. The molecule has 1 fully saturated rings. The summed E-state index contributed by atoms with van der Waals surface area (Å²) in [5, 5.41) is 0. The minimum absolute atomic E-state index is 0.286. The van der Waals surface area contributed by atoms with Crippen molar-refractivity contribution in [3.8, 4) is 0 Å². The van der Waals surface area contributed by atoms with Gasteiger partial charge < -0.3 is 10.6 Å². The Morgan fingerprint density at radius 3 is 2.81 bits per heavy atom. The molecule has 0 aromatic carbocycles. The van der Waals surface area contributed by atoms with Gasteiger partial charge >= 0.3 is 0 Å². The second-order valence-corrected chi connectivity index (χ2v) is 5.89. The van der Waals surface area contributed by atoms with E-state index in [1.165, 1.54) is 0 Å². The number of carbonyl (C=O) groups excluding carboxylic acids is 1. The lowest BCUT2D eigenvalue weighted by Crippen LogP contribution is -2.32. The zero-order valence-electron chi connectivity index (χ0n) is 10.3. The summed E-state index contributed by atoms with van der Waals surface area (Å²) < 4.78 is 0. The van der Waals surface area contributed by atoms with Crippen molar-refractivity contribution in [2.75, 3.05) is 13.1 Å². The van der Waals surface area contributed by atoms with Gasteiger partial charge in [-0.25, -0.2) is 0 Å². The SMILES string of the molecule is CC1(C)CCC(=O)N(CCCC(N)=S)CC1. The molecule has 1 aliphatic rings. The van der Waals surface area contributed by atoms with Gasteiger partial charge in [-0.05, 0) is 31.1 Å². The monoisotopic (exact) mass is 242 g/mol. The number of amides is 1. The lowest BCUT2D eigenvalue weighted by Gasteiger charge is -2.23. The van der Waals surface area contributed by atoms with Crippen molar-refractivity contribution in [3.63, 3.8) is 0 Å². The smallest absolute Gasteiger partial charge is 0.222 e. The Kier molecular flexibility index (Phi) is 4.71. The van der Waals surface area contributed by atoms with Crippen LogP contribution >= 0.6 is 12.2 Å². The maximum Gasteiger partial charge on any atom is 0.222 e. The topological polar surface area (TPSA) is 46.3 Å². The van der Waals surface area contributed by atoms with Crippen LogP contribution in [0.3, 0.4) is 0 Å². The molecular formula is C12H22N2OS. The number of hydrogen-bond donors (Lipinski definition) is 1. The average molecular weight is 242 g/mol. The number of likely N-dealkylation sites (tertiary alicyclic amines) is 1. The highest BCUT2D eigenvalue weighted by Gasteiger charge is 2.26. The van der Waals surface area contributed by atoms with Crippen LogP contribution in [0.5, 0.6) is 0 Å². The lowest BCUT2D eigenvalue weighted by atomic mass is 9.85. The fourth-order valence-electron chi connectivity index (χ4n) is 1.97. The van der Waals surface area contributed by atoms with Crippen LogP contribution in [0.4, 0.5) is 0 Å². The van der Waals surface area contributed by atoms with Crippen molar-refractivity contribution in [2.45, 2.75) is 46.0 Å². The van der Waals surface area contributed by atoms with Gasteiger partial charge in [0.2, 0.25) is 5.91 Å². The fraction of sp³-hybridized carbons (Fsp3) is 0.833. The van der Waals surface area contributed by atoms with E-state index in [2.05, 4.69) is 13.8 Å².